The number of carboxylic acids is 1. The number of hydrogen-bond acceptors (Lipinski definition) is 5. The van der Waals surface area contributed by atoms with Gasteiger partial charge in [0.1, 0.15) is 22.9 Å². The van der Waals surface area contributed by atoms with E-state index < -0.39 is 28.8 Å². The molecule has 1 aliphatic carbocycles. The molecule has 3 aromatic rings. The molecule has 0 amide bonds. The van der Waals surface area contributed by atoms with Gasteiger partial charge in [0, 0.05) is 12.4 Å². The molecule has 0 aromatic carbocycles. The van der Waals surface area contributed by atoms with Gasteiger partial charge < -0.3 is 15.4 Å². The number of aromatic nitrogens is 4. The van der Waals surface area contributed by atoms with Crippen LogP contribution in [0.5, 0.6) is 0 Å². The lowest BCUT2D eigenvalue weighted by Gasteiger charge is -2.31. The highest BCUT2D eigenvalue weighted by Crippen LogP contribution is 2.38. The second kappa shape index (κ2) is 8.38. The maximum Gasteiger partial charge on any atom is 0.416 e. The van der Waals surface area contributed by atoms with Crippen molar-refractivity contribution in [3.05, 3.63) is 64.0 Å². The molecule has 0 aliphatic heterocycles. The van der Waals surface area contributed by atoms with Gasteiger partial charge in [-0.3, -0.25) is 9.36 Å². The van der Waals surface area contributed by atoms with Gasteiger partial charge in [0.25, 0.3) is 0 Å². The van der Waals surface area contributed by atoms with Gasteiger partial charge in [0.05, 0.1) is 11.3 Å². The number of imidazole rings is 1. The molecule has 8 nitrogen and oxygen atoms in total. The first-order valence-electron chi connectivity index (χ1n) is 10.4. The molecule has 33 heavy (non-hydrogen) atoms. The van der Waals surface area contributed by atoms with Crippen LogP contribution >= 0.6 is 0 Å². The lowest BCUT2D eigenvalue weighted by Crippen LogP contribution is -2.38. The van der Waals surface area contributed by atoms with Gasteiger partial charge in [-0.1, -0.05) is 19.3 Å². The van der Waals surface area contributed by atoms with Crippen molar-refractivity contribution in [3.8, 4) is 5.82 Å². The zero-order valence-electron chi connectivity index (χ0n) is 17.7. The molecule has 1 saturated carbocycles. The summed E-state index contributed by atoms with van der Waals surface area (Å²) in [7, 11) is 0. The van der Waals surface area contributed by atoms with Crippen molar-refractivity contribution in [2.24, 2.45) is 0 Å². The van der Waals surface area contributed by atoms with Crippen LogP contribution in [0, 0.1) is 6.92 Å². The summed E-state index contributed by atoms with van der Waals surface area (Å²) in [6.07, 6.45) is 1.28. The first-order chi connectivity index (χ1) is 15.6. The summed E-state index contributed by atoms with van der Waals surface area (Å²) in [5, 5.41) is 12.6. The van der Waals surface area contributed by atoms with Gasteiger partial charge in [0.2, 0.25) is 0 Å². The second-order valence-electron chi connectivity index (χ2n) is 8.23. The fourth-order valence-electron chi connectivity index (χ4n) is 4.21. The summed E-state index contributed by atoms with van der Waals surface area (Å²) < 4.78 is 40.2. The van der Waals surface area contributed by atoms with E-state index in [0.29, 0.717) is 24.1 Å². The van der Waals surface area contributed by atoms with E-state index in [1.54, 1.807) is 19.1 Å². The summed E-state index contributed by atoms with van der Waals surface area (Å²) >= 11 is 0. The molecule has 3 aromatic heterocycles. The Morgan fingerprint density at radius 1 is 1.18 bits per heavy atom. The van der Waals surface area contributed by atoms with Crippen LogP contribution in [0.2, 0.25) is 0 Å². The predicted molar refractivity (Wildman–Crippen MR) is 114 cm³/mol. The number of aromatic amines is 1. The first kappa shape index (κ1) is 22.6. The number of alkyl halides is 3. The highest BCUT2D eigenvalue weighted by atomic mass is 19.4. The number of rotatable bonds is 5. The Balaban J connectivity index is 1.69. The molecule has 11 heteroatoms. The van der Waals surface area contributed by atoms with Gasteiger partial charge >= 0.3 is 17.8 Å². The number of pyridine rings is 2. The van der Waals surface area contributed by atoms with Gasteiger partial charge in [-0.25, -0.2) is 14.8 Å². The Hall–Kier alpha value is -3.63. The van der Waals surface area contributed by atoms with Gasteiger partial charge in [-0.05, 0) is 49.6 Å². The normalized spacial score (nSPS) is 15.9. The van der Waals surface area contributed by atoms with Crippen molar-refractivity contribution < 1.29 is 23.1 Å². The van der Waals surface area contributed by atoms with Crippen LogP contribution in [0.1, 0.15) is 48.9 Å². The van der Waals surface area contributed by atoms with Crippen molar-refractivity contribution in [1.29, 1.82) is 0 Å². The Bertz CT molecular complexity index is 1240. The molecule has 3 heterocycles. The fourth-order valence-corrected chi connectivity index (χ4v) is 4.21. The van der Waals surface area contributed by atoms with E-state index in [9.17, 15) is 27.9 Å². The van der Waals surface area contributed by atoms with Crippen molar-refractivity contribution >= 4 is 17.6 Å². The minimum absolute atomic E-state index is 0.0528. The van der Waals surface area contributed by atoms with Crippen molar-refractivity contribution in [2.75, 3.05) is 5.32 Å². The van der Waals surface area contributed by atoms with Crippen molar-refractivity contribution in [1.82, 2.24) is 19.5 Å². The molecule has 1 fully saturated rings. The Labute approximate surface area is 186 Å². The third-order valence-corrected chi connectivity index (χ3v) is 5.90. The second-order valence-corrected chi connectivity index (χ2v) is 8.23. The van der Waals surface area contributed by atoms with Gasteiger partial charge in [-0.2, -0.15) is 13.2 Å². The molecule has 0 bridgehead atoms. The third-order valence-electron chi connectivity index (χ3n) is 5.90. The quantitative estimate of drug-likeness (QED) is 0.522. The number of H-pyrrole nitrogens is 1. The predicted octanol–water partition coefficient (Wildman–Crippen LogP) is 4.31. The van der Waals surface area contributed by atoms with E-state index in [2.05, 4.69) is 20.3 Å². The summed E-state index contributed by atoms with van der Waals surface area (Å²) in [5.74, 6) is -0.640. The number of carboxylic acid groups (broad SMARTS) is 1. The number of hydrogen-bond donors (Lipinski definition) is 3. The molecule has 0 atom stereocenters. The van der Waals surface area contributed by atoms with Crippen molar-refractivity contribution in [2.45, 2.75) is 50.6 Å². The number of aryl methyl sites for hydroxylation is 1. The fraction of sp³-hybridized carbons (Fsp3) is 0.364. The topological polar surface area (TPSA) is 113 Å². The molecule has 0 saturated heterocycles. The summed E-state index contributed by atoms with van der Waals surface area (Å²) in [6.45, 7) is 1.74. The lowest BCUT2D eigenvalue weighted by molar-refractivity contribution is -0.145. The summed E-state index contributed by atoms with van der Waals surface area (Å²) in [4.78, 5) is 35.7. The molecule has 0 radical (unpaired) electrons. The summed E-state index contributed by atoms with van der Waals surface area (Å²) in [5.41, 5.74) is -1.55. The SMILES string of the molecule is Cc1cc(Nc2cc(C(F)(F)F)ccn2)nc(-n2cc(C3(C(=O)O)CCCCC3)[nH]c2=O)c1. The van der Waals surface area contributed by atoms with Crippen LogP contribution in [0.25, 0.3) is 5.82 Å². The molecular weight excluding hydrogens is 439 g/mol. The zero-order chi connectivity index (χ0) is 23.8. The number of aliphatic carboxylic acids is 1. The Morgan fingerprint density at radius 3 is 2.58 bits per heavy atom. The molecular formula is C22H22F3N5O3. The molecule has 3 N–H and O–H groups in total. The number of carbonyl (C=O) groups is 1. The minimum Gasteiger partial charge on any atom is -0.481 e. The monoisotopic (exact) mass is 461 g/mol. The highest BCUT2D eigenvalue weighted by molar-refractivity contribution is 5.80. The number of anilines is 2. The van der Waals surface area contributed by atoms with Crippen LogP contribution in [-0.4, -0.2) is 30.6 Å². The molecule has 174 valence electrons. The standard InChI is InChI=1S/C22H22F3N5O3/c1-13-9-17(28-16-11-14(5-8-26-16)22(23,24)25)29-18(10-13)30-12-15(27-20(30)33)21(19(31)32)6-3-2-4-7-21/h5,8-12H,2-4,6-7H2,1H3,(H,27,33)(H,31,32)(H,26,28,29). The van der Waals surface area contributed by atoms with E-state index in [0.717, 1.165) is 37.6 Å². The van der Waals surface area contributed by atoms with Crippen LogP contribution in [0.15, 0.2) is 41.5 Å². The minimum atomic E-state index is -4.52. The first-order valence-corrected chi connectivity index (χ1v) is 10.4. The third kappa shape index (κ3) is 4.48. The highest BCUT2D eigenvalue weighted by Gasteiger charge is 2.43. The molecule has 0 unspecified atom stereocenters. The van der Waals surface area contributed by atoms with E-state index in [-0.39, 0.29) is 17.5 Å². The van der Waals surface area contributed by atoms with Crippen LogP contribution in [-0.2, 0) is 16.4 Å². The molecule has 4 rings (SSSR count). The van der Waals surface area contributed by atoms with Gasteiger partial charge in [0.15, 0.2) is 0 Å². The average molecular weight is 461 g/mol. The van der Waals surface area contributed by atoms with Crippen LogP contribution in [0.3, 0.4) is 0 Å². The maximum atomic E-state index is 13.0. The largest absolute Gasteiger partial charge is 0.481 e. The number of nitrogens with one attached hydrogen (secondary N) is 2. The van der Waals surface area contributed by atoms with E-state index in [1.807, 2.05) is 0 Å². The van der Waals surface area contributed by atoms with Crippen LogP contribution < -0.4 is 11.0 Å². The van der Waals surface area contributed by atoms with E-state index in [1.165, 1.54) is 10.8 Å². The number of halogens is 3. The number of nitrogens with zero attached hydrogens (tertiary/aromatic N) is 3. The lowest BCUT2D eigenvalue weighted by atomic mass is 9.72. The van der Waals surface area contributed by atoms with Crippen molar-refractivity contribution in [3.63, 3.8) is 0 Å². The maximum absolute atomic E-state index is 13.0. The summed E-state index contributed by atoms with van der Waals surface area (Å²) in [6, 6.07) is 4.96. The Kier molecular flexibility index (Phi) is 5.73. The zero-order valence-corrected chi connectivity index (χ0v) is 17.7. The van der Waals surface area contributed by atoms with E-state index >= 15 is 0 Å². The van der Waals surface area contributed by atoms with Crippen LogP contribution in [0.4, 0.5) is 24.8 Å². The van der Waals surface area contributed by atoms with Gasteiger partial charge in [-0.15, -0.1) is 0 Å². The van der Waals surface area contributed by atoms with E-state index in [4.69, 9.17) is 0 Å². The Morgan fingerprint density at radius 2 is 1.91 bits per heavy atom. The average Bonchev–Trinajstić information content (AvgIpc) is 3.15. The molecule has 0 spiro atoms. The molecule has 1 aliphatic rings. The smallest absolute Gasteiger partial charge is 0.416 e.